The van der Waals surface area contributed by atoms with E-state index >= 15 is 0 Å². The van der Waals surface area contributed by atoms with Crippen molar-refractivity contribution < 1.29 is 9.59 Å². The van der Waals surface area contributed by atoms with Crippen LogP contribution in [0.25, 0.3) is 11.5 Å². The van der Waals surface area contributed by atoms with Crippen LogP contribution in [0.4, 0.5) is 16.6 Å². The third-order valence-corrected chi connectivity index (χ3v) is 3.83. The first kappa shape index (κ1) is 20.1. The number of nitrogens with zero attached hydrogens (tertiary/aromatic N) is 5. The van der Waals surface area contributed by atoms with Crippen molar-refractivity contribution in [2.45, 2.75) is 13.8 Å². The Bertz CT molecular complexity index is 1050. The van der Waals surface area contributed by atoms with Crippen molar-refractivity contribution >= 4 is 35.3 Å². The van der Waals surface area contributed by atoms with Crippen molar-refractivity contribution in [1.29, 1.82) is 0 Å². The van der Waals surface area contributed by atoms with E-state index in [4.69, 9.17) is 11.6 Å². The van der Waals surface area contributed by atoms with Crippen LogP contribution >= 0.6 is 11.6 Å². The van der Waals surface area contributed by atoms with Crippen molar-refractivity contribution in [3.8, 4) is 11.5 Å². The molecule has 0 atom stereocenters. The average molecular weight is 413 g/mol. The summed E-state index contributed by atoms with van der Waals surface area (Å²) in [5.74, 6) is 0.472. The van der Waals surface area contributed by atoms with E-state index in [-0.39, 0.29) is 22.5 Å². The van der Waals surface area contributed by atoms with E-state index in [2.05, 4.69) is 40.9 Å². The van der Waals surface area contributed by atoms with Crippen molar-refractivity contribution in [2.75, 3.05) is 17.2 Å². The number of nitrogens with one attached hydrogen (secondary N) is 3. The molecule has 0 saturated heterocycles. The smallest absolute Gasteiger partial charge is 0.320 e. The number of anilines is 2. The van der Waals surface area contributed by atoms with Crippen LogP contribution in [0.2, 0.25) is 5.15 Å². The highest BCUT2D eigenvalue weighted by molar-refractivity contribution is 6.33. The van der Waals surface area contributed by atoms with Gasteiger partial charge in [0, 0.05) is 12.7 Å². The molecule has 3 heterocycles. The second-order valence-corrected chi connectivity index (χ2v) is 6.08. The molecule has 0 fully saturated rings. The minimum absolute atomic E-state index is 0.0590. The molecule has 148 valence electrons. The van der Waals surface area contributed by atoms with Crippen LogP contribution in [0.1, 0.15) is 23.1 Å². The van der Waals surface area contributed by atoms with E-state index in [0.717, 1.165) is 0 Å². The number of aryl methyl sites for hydroxylation is 1. The van der Waals surface area contributed by atoms with Gasteiger partial charge in [-0.3, -0.25) is 20.4 Å². The fourth-order valence-corrected chi connectivity index (χ4v) is 2.55. The molecule has 3 N–H and O–H groups in total. The summed E-state index contributed by atoms with van der Waals surface area (Å²) in [7, 11) is 0. The number of carbonyl (C=O) groups is 2. The summed E-state index contributed by atoms with van der Waals surface area (Å²) in [5.41, 5.74) is 0.652. The Kier molecular flexibility index (Phi) is 6.25. The van der Waals surface area contributed by atoms with E-state index in [1.165, 1.54) is 12.1 Å². The molecule has 3 amide bonds. The van der Waals surface area contributed by atoms with E-state index in [0.29, 0.717) is 23.9 Å². The van der Waals surface area contributed by atoms with Gasteiger partial charge < -0.3 is 5.32 Å². The van der Waals surface area contributed by atoms with E-state index in [9.17, 15) is 9.59 Å². The maximum atomic E-state index is 12.6. The lowest BCUT2D eigenvalue weighted by molar-refractivity contribution is 0.102. The Morgan fingerprint density at radius 2 is 1.86 bits per heavy atom. The third kappa shape index (κ3) is 5.20. The first-order chi connectivity index (χ1) is 14.0. The molecule has 0 aliphatic heterocycles. The molecule has 0 aromatic carbocycles. The molecule has 0 unspecified atom stereocenters. The molecular formula is C18H17ClN8O2. The number of hydrogen-bond acceptors (Lipinski definition) is 7. The maximum Gasteiger partial charge on any atom is 0.320 e. The Balaban J connectivity index is 1.78. The van der Waals surface area contributed by atoms with Crippen molar-refractivity contribution in [2.24, 2.45) is 0 Å². The first-order valence-corrected chi connectivity index (χ1v) is 9.01. The second-order valence-electron chi connectivity index (χ2n) is 5.72. The molecule has 11 heteroatoms. The highest BCUT2D eigenvalue weighted by Crippen LogP contribution is 2.18. The van der Waals surface area contributed by atoms with Crippen LogP contribution in [0.5, 0.6) is 0 Å². The highest BCUT2D eigenvalue weighted by atomic mass is 35.5. The van der Waals surface area contributed by atoms with Crippen LogP contribution in [-0.2, 0) is 0 Å². The topological polar surface area (TPSA) is 135 Å². The quantitative estimate of drug-likeness (QED) is 0.548. The summed E-state index contributed by atoms with van der Waals surface area (Å²) in [6.07, 6.45) is 1.62. The molecule has 0 aliphatic carbocycles. The fourth-order valence-electron chi connectivity index (χ4n) is 2.31. The Labute approximate surface area is 171 Å². The summed E-state index contributed by atoms with van der Waals surface area (Å²) >= 11 is 6.10. The van der Waals surface area contributed by atoms with Crippen LogP contribution in [-0.4, -0.2) is 43.4 Å². The number of aromatic nitrogens is 5. The predicted molar refractivity (Wildman–Crippen MR) is 108 cm³/mol. The standard InChI is InChI=1S/C18H17ClN8O2/c1-3-20-18(29)25-13-8-7-11(14(19)24-13)16(28)27-17-23-10(2)22-15(26-17)12-6-4-5-9-21-12/h4-9H,3H2,1-2H3,(H2,20,24,25,29)(H,22,23,26,27,28). The fraction of sp³-hybridized carbons (Fsp3) is 0.167. The molecule has 0 bridgehead atoms. The van der Waals surface area contributed by atoms with E-state index in [1.807, 2.05) is 6.07 Å². The van der Waals surface area contributed by atoms with Crippen molar-refractivity contribution in [3.63, 3.8) is 0 Å². The van der Waals surface area contributed by atoms with Gasteiger partial charge in [0.05, 0.1) is 5.56 Å². The molecule has 3 aromatic heterocycles. The van der Waals surface area contributed by atoms with Gasteiger partial charge in [-0.1, -0.05) is 17.7 Å². The molecule has 3 aromatic rings. The summed E-state index contributed by atoms with van der Waals surface area (Å²) < 4.78 is 0. The predicted octanol–water partition coefficient (Wildman–Crippen LogP) is 2.68. The maximum absolute atomic E-state index is 12.6. The van der Waals surface area contributed by atoms with Gasteiger partial charge in [-0.2, -0.15) is 9.97 Å². The summed E-state index contributed by atoms with van der Waals surface area (Å²) in [4.78, 5) is 44.9. The molecular weight excluding hydrogens is 396 g/mol. The van der Waals surface area contributed by atoms with Gasteiger partial charge in [0.1, 0.15) is 22.5 Å². The molecule has 0 radical (unpaired) electrons. The van der Waals surface area contributed by atoms with Crippen LogP contribution in [0, 0.1) is 6.92 Å². The molecule has 29 heavy (non-hydrogen) atoms. The lowest BCUT2D eigenvalue weighted by Gasteiger charge is -2.09. The summed E-state index contributed by atoms with van der Waals surface area (Å²) in [6, 6.07) is 7.83. The molecule has 0 saturated carbocycles. The van der Waals surface area contributed by atoms with Crippen molar-refractivity contribution in [1.82, 2.24) is 30.2 Å². The summed E-state index contributed by atoms with van der Waals surface area (Å²) in [6.45, 7) is 3.93. The normalized spacial score (nSPS) is 10.3. The SMILES string of the molecule is CCNC(=O)Nc1ccc(C(=O)Nc2nc(C)nc(-c3ccccn3)n2)c(Cl)n1. The van der Waals surface area contributed by atoms with Gasteiger partial charge in [0.15, 0.2) is 5.82 Å². The Morgan fingerprint density at radius 3 is 2.55 bits per heavy atom. The number of halogens is 1. The zero-order valence-electron chi connectivity index (χ0n) is 15.6. The van der Waals surface area contributed by atoms with Gasteiger partial charge in [-0.25, -0.2) is 14.8 Å². The van der Waals surface area contributed by atoms with Gasteiger partial charge in [0.25, 0.3) is 5.91 Å². The van der Waals surface area contributed by atoms with Gasteiger partial charge in [-0.05, 0) is 38.1 Å². The molecule has 0 spiro atoms. The zero-order chi connectivity index (χ0) is 20.8. The highest BCUT2D eigenvalue weighted by Gasteiger charge is 2.16. The number of rotatable bonds is 5. The Morgan fingerprint density at radius 1 is 1.03 bits per heavy atom. The molecule has 10 nitrogen and oxygen atoms in total. The minimum atomic E-state index is -0.551. The third-order valence-electron chi connectivity index (χ3n) is 3.54. The van der Waals surface area contributed by atoms with Crippen LogP contribution in [0.3, 0.4) is 0 Å². The average Bonchev–Trinajstić information content (AvgIpc) is 2.68. The monoisotopic (exact) mass is 412 g/mol. The lowest BCUT2D eigenvalue weighted by Crippen LogP contribution is -2.28. The Hall–Kier alpha value is -3.66. The van der Waals surface area contributed by atoms with Crippen molar-refractivity contribution in [3.05, 3.63) is 53.1 Å². The van der Waals surface area contributed by atoms with E-state index < -0.39 is 11.9 Å². The molecule has 3 rings (SSSR count). The van der Waals surface area contributed by atoms with Gasteiger partial charge in [0.2, 0.25) is 5.95 Å². The number of amides is 3. The number of carbonyl (C=O) groups excluding carboxylic acids is 2. The van der Waals surface area contributed by atoms with Crippen LogP contribution in [0.15, 0.2) is 36.5 Å². The van der Waals surface area contributed by atoms with E-state index in [1.54, 1.807) is 32.2 Å². The minimum Gasteiger partial charge on any atom is -0.338 e. The zero-order valence-corrected chi connectivity index (χ0v) is 16.4. The number of hydrogen-bond donors (Lipinski definition) is 3. The van der Waals surface area contributed by atoms with Gasteiger partial charge >= 0.3 is 6.03 Å². The summed E-state index contributed by atoms with van der Waals surface area (Å²) in [5, 5.41) is 7.58. The number of pyridine rings is 2. The van der Waals surface area contributed by atoms with Crippen LogP contribution < -0.4 is 16.0 Å². The first-order valence-electron chi connectivity index (χ1n) is 8.63. The number of urea groups is 1. The largest absolute Gasteiger partial charge is 0.338 e. The van der Waals surface area contributed by atoms with Gasteiger partial charge in [-0.15, -0.1) is 0 Å². The second kappa shape index (κ2) is 9.02. The lowest BCUT2D eigenvalue weighted by atomic mass is 10.2. The molecule has 0 aliphatic rings.